The molecule has 0 saturated heterocycles. The molecule has 0 amide bonds. The van der Waals surface area contributed by atoms with Gasteiger partial charge in [0.05, 0.1) is 24.2 Å². The molecule has 0 fully saturated rings. The van der Waals surface area contributed by atoms with Gasteiger partial charge in [0.1, 0.15) is 12.0 Å². The van der Waals surface area contributed by atoms with Crippen LogP contribution in [0.15, 0.2) is 55.0 Å². The zero-order chi connectivity index (χ0) is 17.7. The Morgan fingerprint density at radius 1 is 1.12 bits per heavy atom. The number of fused-ring (bicyclic) bond motifs is 2. The molecule has 2 aromatic carbocycles. The van der Waals surface area contributed by atoms with Crippen molar-refractivity contribution in [3.05, 3.63) is 66.1 Å². The van der Waals surface area contributed by atoms with Gasteiger partial charge in [0.2, 0.25) is 0 Å². The average Bonchev–Trinajstić information content (AvgIpc) is 3.04. The molecule has 1 aliphatic rings. The normalized spacial score (nSPS) is 15.2. The molecule has 4 aromatic rings. The Bertz CT molecular complexity index is 1140. The van der Waals surface area contributed by atoms with Gasteiger partial charge >= 0.3 is 0 Å². The summed E-state index contributed by atoms with van der Waals surface area (Å²) in [4.78, 5) is 12.2. The van der Waals surface area contributed by atoms with Gasteiger partial charge in [-0.2, -0.15) is 0 Å². The topological polar surface area (TPSA) is 83.1 Å². The summed E-state index contributed by atoms with van der Waals surface area (Å²) >= 11 is 0. The summed E-state index contributed by atoms with van der Waals surface area (Å²) in [7, 11) is 1.55. The highest BCUT2D eigenvalue weighted by Crippen LogP contribution is 2.43. The number of nitrogens with zero attached hydrogens (tertiary/aromatic N) is 2. The lowest BCUT2D eigenvalue weighted by Gasteiger charge is -2.20. The molecular weight excluding hydrogens is 328 g/mol. The monoisotopic (exact) mass is 344 g/mol. The van der Waals surface area contributed by atoms with E-state index in [0.717, 1.165) is 39.1 Å². The number of H-pyrrole nitrogens is 1. The number of ether oxygens (including phenoxy) is 1. The maximum absolute atomic E-state index is 9.95. The van der Waals surface area contributed by atoms with Crippen LogP contribution in [0, 0.1) is 0 Å². The number of aromatic amines is 1. The quantitative estimate of drug-likeness (QED) is 0.514. The molecule has 3 N–H and O–H groups in total. The van der Waals surface area contributed by atoms with Crippen molar-refractivity contribution in [2.75, 3.05) is 12.4 Å². The minimum Gasteiger partial charge on any atom is -0.504 e. The Balaban J connectivity index is 1.80. The van der Waals surface area contributed by atoms with Crippen molar-refractivity contribution in [1.29, 1.82) is 0 Å². The fourth-order valence-electron chi connectivity index (χ4n) is 3.60. The van der Waals surface area contributed by atoms with Crippen LogP contribution in [0.2, 0.25) is 0 Å². The molecule has 0 radical (unpaired) electrons. The first-order chi connectivity index (χ1) is 12.8. The first-order valence-corrected chi connectivity index (χ1v) is 8.31. The number of methoxy groups -OCH3 is 1. The van der Waals surface area contributed by atoms with Gasteiger partial charge in [-0.25, -0.2) is 9.97 Å². The number of nitrogens with one attached hydrogen (secondary N) is 2. The molecular formula is C20H16N4O2. The van der Waals surface area contributed by atoms with Gasteiger partial charge in [-0.1, -0.05) is 24.3 Å². The fourth-order valence-corrected chi connectivity index (χ4v) is 3.60. The standard InChI is InChI=1S/C20H16N4O2/c1-26-16-8-11(6-7-15(16)25)18-13-9-21-20-17(13)19(22-10-23-20)12-4-2-3-5-14(12)24-18/h2-10,18,24-25H,1H3,(H,21,22,23). The number of anilines is 1. The van der Waals surface area contributed by atoms with E-state index in [0.29, 0.717) is 5.75 Å². The van der Waals surface area contributed by atoms with E-state index >= 15 is 0 Å². The van der Waals surface area contributed by atoms with Crippen molar-refractivity contribution in [3.63, 3.8) is 0 Å². The summed E-state index contributed by atoms with van der Waals surface area (Å²) < 4.78 is 5.29. The third-order valence-electron chi connectivity index (χ3n) is 4.83. The largest absolute Gasteiger partial charge is 0.504 e. The molecule has 1 unspecified atom stereocenters. The number of phenolic OH excluding ortho intramolecular Hbond substituents is 1. The van der Waals surface area contributed by atoms with E-state index in [1.807, 2.05) is 36.5 Å². The van der Waals surface area contributed by atoms with Crippen molar-refractivity contribution in [2.45, 2.75) is 6.04 Å². The van der Waals surface area contributed by atoms with E-state index in [1.165, 1.54) is 0 Å². The minimum absolute atomic E-state index is 0.119. The lowest BCUT2D eigenvalue weighted by Crippen LogP contribution is -2.11. The second-order valence-corrected chi connectivity index (χ2v) is 6.24. The number of para-hydroxylation sites is 1. The molecule has 3 heterocycles. The van der Waals surface area contributed by atoms with Crippen LogP contribution in [0.5, 0.6) is 11.5 Å². The van der Waals surface area contributed by atoms with Gasteiger partial charge in [-0.3, -0.25) is 0 Å². The number of benzene rings is 2. The highest BCUT2D eigenvalue weighted by Gasteiger charge is 2.27. The number of aromatic hydroxyl groups is 1. The van der Waals surface area contributed by atoms with Crippen LogP contribution >= 0.6 is 0 Å². The van der Waals surface area contributed by atoms with Gasteiger partial charge < -0.3 is 20.1 Å². The van der Waals surface area contributed by atoms with Crippen molar-refractivity contribution >= 4 is 16.7 Å². The van der Waals surface area contributed by atoms with Gasteiger partial charge in [-0.15, -0.1) is 0 Å². The highest BCUT2D eigenvalue weighted by molar-refractivity contribution is 5.99. The molecule has 5 rings (SSSR count). The van der Waals surface area contributed by atoms with Crippen LogP contribution in [-0.4, -0.2) is 27.2 Å². The Kier molecular flexibility index (Phi) is 3.12. The molecule has 0 aliphatic carbocycles. The highest BCUT2D eigenvalue weighted by atomic mass is 16.5. The van der Waals surface area contributed by atoms with Crippen LogP contribution in [0.1, 0.15) is 17.2 Å². The molecule has 2 aromatic heterocycles. The van der Waals surface area contributed by atoms with Crippen LogP contribution in [-0.2, 0) is 0 Å². The van der Waals surface area contributed by atoms with Gasteiger partial charge in [-0.05, 0) is 23.8 Å². The van der Waals surface area contributed by atoms with E-state index < -0.39 is 0 Å². The smallest absolute Gasteiger partial charge is 0.160 e. The van der Waals surface area contributed by atoms with Crippen LogP contribution < -0.4 is 10.1 Å². The van der Waals surface area contributed by atoms with Crippen LogP contribution in [0.4, 0.5) is 5.69 Å². The van der Waals surface area contributed by atoms with E-state index in [9.17, 15) is 5.11 Å². The van der Waals surface area contributed by atoms with Gasteiger partial charge in [0.15, 0.2) is 11.5 Å². The minimum atomic E-state index is -0.133. The Morgan fingerprint density at radius 2 is 2.00 bits per heavy atom. The molecule has 6 heteroatoms. The maximum atomic E-state index is 9.95. The summed E-state index contributed by atoms with van der Waals surface area (Å²) in [5.41, 5.74) is 5.78. The Labute approximate surface area is 149 Å². The molecule has 0 bridgehead atoms. The number of hydrogen-bond acceptors (Lipinski definition) is 5. The molecule has 6 nitrogen and oxygen atoms in total. The fraction of sp³-hybridized carbons (Fsp3) is 0.100. The predicted octanol–water partition coefficient (Wildman–Crippen LogP) is 3.85. The van der Waals surface area contributed by atoms with Crippen LogP contribution in [0.25, 0.3) is 22.3 Å². The Morgan fingerprint density at radius 3 is 2.88 bits per heavy atom. The zero-order valence-corrected chi connectivity index (χ0v) is 14.0. The van der Waals surface area contributed by atoms with E-state index in [4.69, 9.17) is 4.74 Å². The van der Waals surface area contributed by atoms with Crippen molar-refractivity contribution in [1.82, 2.24) is 15.0 Å². The average molecular weight is 344 g/mol. The summed E-state index contributed by atoms with van der Waals surface area (Å²) in [6, 6.07) is 13.4. The number of aromatic nitrogens is 3. The third-order valence-corrected chi connectivity index (χ3v) is 4.83. The molecule has 1 aliphatic heterocycles. The van der Waals surface area contributed by atoms with Crippen molar-refractivity contribution in [2.24, 2.45) is 0 Å². The van der Waals surface area contributed by atoms with Crippen molar-refractivity contribution in [3.8, 4) is 22.8 Å². The second kappa shape index (κ2) is 5.49. The maximum Gasteiger partial charge on any atom is 0.160 e. The molecule has 26 heavy (non-hydrogen) atoms. The SMILES string of the molecule is COc1cc(C2Nc3ccccc3-c3ncnc4[nH]cc2c34)ccc1O. The molecule has 1 atom stereocenters. The second-order valence-electron chi connectivity index (χ2n) is 6.24. The van der Waals surface area contributed by atoms with Crippen molar-refractivity contribution < 1.29 is 9.84 Å². The lowest BCUT2D eigenvalue weighted by molar-refractivity contribution is 0.373. The summed E-state index contributed by atoms with van der Waals surface area (Å²) in [6.07, 6.45) is 3.55. The van der Waals surface area contributed by atoms with E-state index in [1.54, 1.807) is 19.5 Å². The summed E-state index contributed by atoms with van der Waals surface area (Å²) in [6.45, 7) is 0. The number of rotatable bonds is 2. The van der Waals surface area contributed by atoms with E-state index in [-0.39, 0.29) is 11.8 Å². The molecule has 128 valence electrons. The first-order valence-electron chi connectivity index (χ1n) is 8.31. The molecule has 0 spiro atoms. The summed E-state index contributed by atoms with van der Waals surface area (Å²) in [5, 5.41) is 14.6. The number of phenols is 1. The number of hydrogen-bond donors (Lipinski definition) is 3. The van der Waals surface area contributed by atoms with E-state index in [2.05, 4.69) is 26.3 Å². The van der Waals surface area contributed by atoms with Crippen LogP contribution in [0.3, 0.4) is 0 Å². The lowest BCUT2D eigenvalue weighted by atomic mass is 9.98. The first kappa shape index (κ1) is 14.8. The zero-order valence-electron chi connectivity index (χ0n) is 14.0. The Hall–Kier alpha value is -3.54. The van der Waals surface area contributed by atoms with Gasteiger partial charge in [0, 0.05) is 23.0 Å². The summed E-state index contributed by atoms with van der Waals surface area (Å²) in [5.74, 6) is 0.561. The third kappa shape index (κ3) is 2.05. The molecule has 0 saturated carbocycles. The van der Waals surface area contributed by atoms with Gasteiger partial charge in [0.25, 0.3) is 0 Å². The predicted molar refractivity (Wildman–Crippen MR) is 99.4 cm³/mol.